The lowest BCUT2D eigenvalue weighted by atomic mass is 9.87. The zero-order valence-corrected chi connectivity index (χ0v) is 17.9. The van der Waals surface area contributed by atoms with Crippen molar-refractivity contribution in [2.24, 2.45) is 0 Å². The summed E-state index contributed by atoms with van der Waals surface area (Å²) in [5.41, 5.74) is 1.86. The number of rotatable bonds is 5. The van der Waals surface area contributed by atoms with Crippen LogP contribution in [-0.4, -0.2) is 19.4 Å². The number of amides is 1. The molecule has 0 saturated carbocycles. The number of phenols is 1. The molecule has 2 aromatic carbocycles. The summed E-state index contributed by atoms with van der Waals surface area (Å²) in [4.78, 5) is 12.6. The number of carbonyl (C=O) groups is 1. The molecule has 0 spiro atoms. The van der Waals surface area contributed by atoms with Gasteiger partial charge in [0.1, 0.15) is 9.96 Å². The van der Waals surface area contributed by atoms with E-state index in [2.05, 4.69) is 10.0 Å². The van der Waals surface area contributed by atoms with Gasteiger partial charge in [0.05, 0.1) is 5.69 Å². The highest BCUT2D eigenvalue weighted by Crippen LogP contribution is 2.31. The zero-order valence-electron chi connectivity index (χ0n) is 16.3. The van der Waals surface area contributed by atoms with E-state index in [1.165, 1.54) is 30.3 Å². The van der Waals surface area contributed by atoms with Crippen LogP contribution in [0.15, 0.2) is 64.2 Å². The van der Waals surface area contributed by atoms with E-state index in [0.717, 1.165) is 16.9 Å². The fourth-order valence-electron chi connectivity index (χ4n) is 2.61. The summed E-state index contributed by atoms with van der Waals surface area (Å²) in [5.74, 6) is -0.425. The molecule has 3 N–H and O–H groups in total. The second-order valence-electron chi connectivity index (χ2n) is 7.55. The lowest BCUT2D eigenvalue weighted by Crippen LogP contribution is -2.15. The number of hydrogen-bond acceptors (Lipinski definition) is 5. The Balaban J connectivity index is 1.75. The van der Waals surface area contributed by atoms with Crippen LogP contribution in [0.5, 0.6) is 5.75 Å². The number of thiophene rings is 1. The Morgan fingerprint density at radius 3 is 2.31 bits per heavy atom. The third-order valence-corrected chi connectivity index (χ3v) is 7.05. The predicted molar refractivity (Wildman–Crippen MR) is 116 cm³/mol. The normalized spacial score (nSPS) is 11.8. The van der Waals surface area contributed by atoms with Gasteiger partial charge in [0.2, 0.25) is 0 Å². The summed E-state index contributed by atoms with van der Waals surface area (Å²) < 4.78 is 27.2. The van der Waals surface area contributed by atoms with E-state index >= 15 is 0 Å². The number of carbonyl (C=O) groups excluding carboxylic acids is 1. The van der Waals surface area contributed by atoms with E-state index in [9.17, 15) is 18.3 Å². The van der Waals surface area contributed by atoms with Crippen molar-refractivity contribution in [1.82, 2.24) is 0 Å². The van der Waals surface area contributed by atoms with Crippen molar-refractivity contribution in [3.8, 4) is 5.75 Å². The molecule has 3 rings (SSSR count). The topological polar surface area (TPSA) is 95.5 Å². The second kappa shape index (κ2) is 7.88. The molecule has 0 aliphatic rings. The van der Waals surface area contributed by atoms with Gasteiger partial charge in [0.15, 0.2) is 0 Å². The molecule has 0 unspecified atom stereocenters. The van der Waals surface area contributed by atoms with Crippen LogP contribution in [0.25, 0.3) is 0 Å². The van der Waals surface area contributed by atoms with Gasteiger partial charge < -0.3 is 10.4 Å². The molecule has 1 aromatic heterocycles. The summed E-state index contributed by atoms with van der Waals surface area (Å²) in [6, 6.07) is 14.4. The summed E-state index contributed by atoms with van der Waals surface area (Å²) in [6.07, 6.45) is 0. The van der Waals surface area contributed by atoms with Crippen molar-refractivity contribution in [3.05, 3.63) is 71.1 Å². The highest BCUT2D eigenvalue weighted by Gasteiger charge is 2.18. The lowest BCUT2D eigenvalue weighted by Gasteiger charge is -2.20. The number of anilines is 2. The lowest BCUT2D eigenvalue weighted by molar-refractivity contribution is 0.102. The van der Waals surface area contributed by atoms with Crippen molar-refractivity contribution in [3.63, 3.8) is 0 Å². The highest BCUT2D eigenvalue weighted by molar-refractivity contribution is 7.94. The Bertz CT molecular complexity index is 1110. The van der Waals surface area contributed by atoms with Crippen molar-refractivity contribution in [2.45, 2.75) is 30.4 Å². The van der Waals surface area contributed by atoms with E-state index in [0.29, 0.717) is 16.9 Å². The van der Waals surface area contributed by atoms with Gasteiger partial charge in [-0.25, -0.2) is 8.42 Å². The number of nitrogens with one attached hydrogen (secondary N) is 2. The Labute approximate surface area is 174 Å². The predicted octanol–water partition coefficient (Wildman–Crippen LogP) is 4.80. The third-order valence-electron chi connectivity index (χ3n) is 4.27. The van der Waals surface area contributed by atoms with Crippen molar-refractivity contribution >= 4 is 38.6 Å². The van der Waals surface area contributed by atoms with Gasteiger partial charge in [-0.15, -0.1) is 11.3 Å². The van der Waals surface area contributed by atoms with Crippen LogP contribution in [0.1, 0.15) is 36.7 Å². The van der Waals surface area contributed by atoms with Gasteiger partial charge in [-0.1, -0.05) is 32.9 Å². The van der Waals surface area contributed by atoms with Crippen LogP contribution < -0.4 is 10.0 Å². The second-order valence-corrected chi connectivity index (χ2v) is 10.4. The molecule has 29 heavy (non-hydrogen) atoms. The molecule has 0 radical (unpaired) electrons. The standard InChI is InChI=1S/C21H22N2O4S2/c1-21(2,3)15-8-11-18(24)17(13-15)22-20(25)14-6-9-16(10-7-14)23-29(26,27)19-5-4-12-28-19/h4-13,23-24H,1-3H3,(H,22,25). The van der Waals surface area contributed by atoms with Crippen LogP contribution in [0.2, 0.25) is 0 Å². The first-order valence-electron chi connectivity index (χ1n) is 8.87. The molecule has 3 aromatic rings. The highest BCUT2D eigenvalue weighted by atomic mass is 32.2. The number of benzene rings is 2. The quantitative estimate of drug-likeness (QED) is 0.507. The molecule has 1 amide bonds. The van der Waals surface area contributed by atoms with Gasteiger partial charge >= 0.3 is 0 Å². The molecular weight excluding hydrogens is 408 g/mol. The van der Waals surface area contributed by atoms with Crippen LogP contribution >= 0.6 is 11.3 Å². The molecule has 0 atom stereocenters. The fraction of sp³-hybridized carbons (Fsp3) is 0.190. The molecule has 8 heteroatoms. The Kier molecular flexibility index (Phi) is 5.68. The van der Waals surface area contributed by atoms with Crippen LogP contribution in [0, 0.1) is 0 Å². The van der Waals surface area contributed by atoms with E-state index in [1.807, 2.05) is 26.8 Å². The summed E-state index contributed by atoms with van der Waals surface area (Å²) in [7, 11) is -3.64. The van der Waals surface area contributed by atoms with Crippen molar-refractivity contribution in [1.29, 1.82) is 0 Å². The average Bonchev–Trinajstić information content (AvgIpc) is 3.18. The first kappa shape index (κ1) is 20.9. The summed E-state index contributed by atoms with van der Waals surface area (Å²) >= 11 is 1.12. The smallest absolute Gasteiger partial charge is 0.271 e. The summed E-state index contributed by atoms with van der Waals surface area (Å²) in [6.45, 7) is 6.13. The van der Waals surface area contributed by atoms with Gasteiger partial charge in [0, 0.05) is 11.3 Å². The van der Waals surface area contributed by atoms with Gasteiger partial charge in [-0.3, -0.25) is 9.52 Å². The Morgan fingerprint density at radius 2 is 1.72 bits per heavy atom. The molecule has 0 saturated heterocycles. The maximum Gasteiger partial charge on any atom is 0.271 e. The molecule has 152 valence electrons. The maximum atomic E-state index is 12.6. The largest absolute Gasteiger partial charge is 0.506 e. The first-order valence-corrected chi connectivity index (χ1v) is 11.2. The summed E-state index contributed by atoms with van der Waals surface area (Å²) in [5, 5.41) is 14.5. The molecule has 0 aliphatic heterocycles. The maximum absolute atomic E-state index is 12.6. The van der Waals surface area contributed by atoms with Crippen molar-refractivity contribution in [2.75, 3.05) is 10.0 Å². The van der Waals surface area contributed by atoms with Gasteiger partial charge in [0.25, 0.3) is 15.9 Å². The van der Waals surface area contributed by atoms with E-state index < -0.39 is 15.9 Å². The fourth-order valence-corrected chi connectivity index (χ4v) is 4.66. The number of hydrogen-bond donors (Lipinski definition) is 3. The van der Waals surface area contributed by atoms with E-state index in [-0.39, 0.29) is 15.4 Å². The van der Waals surface area contributed by atoms with Crippen LogP contribution in [-0.2, 0) is 15.4 Å². The number of sulfonamides is 1. The number of aromatic hydroxyl groups is 1. The van der Waals surface area contributed by atoms with Crippen molar-refractivity contribution < 1.29 is 18.3 Å². The molecule has 0 fully saturated rings. The molecule has 0 bridgehead atoms. The molecule has 1 heterocycles. The minimum absolute atomic E-state index is 0.0216. The van der Waals surface area contributed by atoms with E-state index in [1.54, 1.807) is 23.6 Å². The van der Waals surface area contributed by atoms with E-state index in [4.69, 9.17) is 0 Å². The minimum Gasteiger partial charge on any atom is -0.506 e. The van der Waals surface area contributed by atoms with Crippen LogP contribution in [0.3, 0.4) is 0 Å². The zero-order chi connectivity index (χ0) is 21.2. The molecular formula is C21H22N2O4S2. The first-order chi connectivity index (χ1) is 13.6. The van der Waals surface area contributed by atoms with Crippen LogP contribution in [0.4, 0.5) is 11.4 Å². The van der Waals surface area contributed by atoms with Gasteiger partial charge in [-0.05, 0) is 58.8 Å². The molecule has 6 nitrogen and oxygen atoms in total. The Morgan fingerprint density at radius 1 is 1.03 bits per heavy atom. The minimum atomic E-state index is -3.64. The average molecular weight is 431 g/mol. The monoisotopic (exact) mass is 430 g/mol. The third kappa shape index (κ3) is 4.96. The number of phenolic OH excluding ortho intramolecular Hbond substituents is 1. The molecule has 0 aliphatic carbocycles. The Hall–Kier alpha value is -2.84. The van der Waals surface area contributed by atoms with Gasteiger partial charge in [-0.2, -0.15) is 0 Å². The SMILES string of the molecule is CC(C)(C)c1ccc(O)c(NC(=O)c2ccc(NS(=O)(=O)c3cccs3)cc2)c1.